The molecule has 0 spiro atoms. The second-order valence-electron chi connectivity index (χ2n) is 6.78. The van der Waals surface area contributed by atoms with Gasteiger partial charge in [-0.05, 0) is 0 Å². The number of carbonyl (C=O) groups is 1. The van der Waals surface area contributed by atoms with Gasteiger partial charge in [-0.25, -0.2) is 0 Å². The molecule has 0 aromatic heterocycles. The van der Waals surface area contributed by atoms with E-state index in [9.17, 15) is 40.5 Å². The van der Waals surface area contributed by atoms with Gasteiger partial charge in [0.05, 0.1) is 19.8 Å². The number of hydrogen-bond acceptors (Lipinski definition) is 13. The first-order valence-electron chi connectivity index (χ1n) is 8.80. The van der Waals surface area contributed by atoms with Crippen LogP contribution >= 0.6 is 0 Å². The van der Waals surface area contributed by atoms with Crippen molar-refractivity contribution >= 4 is 5.97 Å². The van der Waals surface area contributed by atoms with E-state index in [1.54, 1.807) is 0 Å². The second-order valence-corrected chi connectivity index (χ2v) is 6.78. The number of aliphatic hydroxyl groups is 7. The fraction of sp³-hybridized carbons (Fsp3) is 0.933. The molecule has 0 aliphatic carbocycles. The number of rotatable bonds is 8. The van der Waals surface area contributed by atoms with E-state index in [2.05, 4.69) is 0 Å². The normalized spacial score (nSPS) is 44.4. The standard InChI is InChI=1S/C15H27NO13/c16-4(13(24)25)3-26-14-11(23)9(21)12(6(2-18)28-14)29-15-10(22)8(20)7(19)5(1-17)27-15/h4-12,14-15,17-23H,1-3,16H2,(H,24,25)/t4-,5+,6+,7-,8-,9+,10+,11+,12+,14?,15-/m0/s1. The lowest BCUT2D eigenvalue weighted by atomic mass is 9.97. The largest absolute Gasteiger partial charge is 0.480 e. The Labute approximate surface area is 164 Å². The quantitative estimate of drug-likeness (QED) is 0.174. The van der Waals surface area contributed by atoms with Gasteiger partial charge in [0.25, 0.3) is 0 Å². The van der Waals surface area contributed by atoms with Gasteiger partial charge in [-0.1, -0.05) is 0 Å². The maximum Gasteiger partial charge on any atom is 0.322 e. The van der Waals surface area contributed by atoms with Crippen molar-refractivity contribution in [1.82, 2.24) is 0 Å². The van der Waals surface area contributed by atoms with E-state index < -0.39 is 93.2 Å². The molecule has 0 bridgehead atoms. The molecule has 0 aromatic carbocycles. The average Bonchev–Trinajstić information content (AvgIpc) is 2.70. The van der Waals surface area contributed by atoms with Crippen molar-refractivity contribution in [3.05, 3.63) is 0 Å². The van der Waals surface area contributed by atoms with Crippen LogP contribution in [-0.4, -0.2) is 134 Å². The Morgan fingerprint density at radius 3 is 1.97 bits per heavy atom. The molecule has 0 aromatic rings. The molecule has 14 nitrogen and oxygen atoms in total. The first-order valence-corrected chi connectivity index (χ1v) is 8.80. The average molecular weight is 429 g/mol. The Balaban J connectivity index is 2.06. The zero-order valence-electron chi connectivity index (χ0n) is 15.2. The monoisotopic (exact) mass is 429 g/mol. The first-order chi connectivity index (χ1) is 13.6. The highest BCUT2D eigenvalue weighted by atomic mass is 16.7. The molecule has 10 N–H and O–H groups in total. The fourth-order valence-corrected chi connectivity index (χ4v) is 2.96. The van der Waals surface area contributed by atoms with Gasteiger partial charge < -0.3 is 65.5 Å². The van der Waals surface area contributed by atoms with Crippen LogP contribution in [0.5, 0.6) is 0 Å². The summed E-state index contributed by atoms with van der Waals surface area (Å²) in [6, 6.07) is -1.42. The first kappa shape index (κ1) is 24.3. The zero-order chi connectivity index (χ0) is 21.9. The molecule has 2 saturated heterocycles. The summed E-state index contributed by atoms with van der Waals surface area (Å²) in [6.45, 7) is -2.00. The minimum Gasteiger partial charge on any atom is -0.480 e. The lowest BCUT2D eigenvalue weighted by Gasteiger charge is -2.46. The summed E-state index contributed by atoms with van der Waals surface area (Å²) in [7, 11) is 0. The molecule has 14 heteroatoms. The summed E-state index contributed by atoms with van der Waals surface area (Å²) < 4.78 is 20.9. The van der Waals surface area contributed by atoms with E-state index >= 15 is 0 Å². The number of carboxylic acids is 1. The Morgan fingerprint density at radius 1 is 0.862 bits per heavy atom. The minimum absolute atomic E-state index is 0.555. The van der Waals surface area contributed by atoms with Gasteiger partial charge in [0.1, 0.15) is 54.9 Å². The molecule has 1 unspecified atom stereocenters. The van der Waals surface area contributed by atoms with Crippen molar-refractivity contribution in [1.29, 1.82) is 0 Å². The maximum absolute atomic E-state index is 10.7. The predicted molar refractivity (Wildman–Crippen MR) is 88.0 cm³/mol. The van der Waals surface area contributed by atoms with Crippen molar-refractivity contribution in [2.45, 2.75) is 67.5 Å². The van der Waals surface area contributed by atoms with Crippen LogP contribution in [0.2, 0.25) is 0 Å². The molecule has 2 heterocycles. The van der Waals surface area contributed by atoms with Crippen molar-refractivity contribution in [3.63, 3.8) is 0 Å². The Morgan fingerprint density at radius 2 is 1.41 bits per heavy atom. The summed E-state index contributed by atoms with van der Waals surface area (Å²) >= 11 is 0. The lowest BCUT2D eigenvalue weighted by molar-refractivity contribution is -0.359. The van der Waals surface area contributed by atoms with Gasteiger partial charge in [0, 0.05) is 0 Å². The highest BCUT2D eigenvalue weighted by molar-refractivity contribution is 5.73. The molecule has 2 rings (SSSR count). The summed E-state index contributed by atoms with van der Waals surface area (Å²) in [5.74, 6) is -1.36. The van der Waals surface area contributed by atoms with E-state index in [1.807, 2.05) is 0 Å². The summed E-state index contributed by atoms with van der Waals surface area (Å²) in [4.78, 5) is 10.7. The van der Waals surface area contributed by atoms with E-state index in [0.29, 0.717) is 0 Å². The number of aliphatic hydroxyl groups excluding tert-OH is 7. The van der Waals surface area contributed by atoms with Crippen LogP contribution in [0, 0.1) is 0 Å². The number of ether oxygens (including phenoxy) is 4. The Kier molecular flexibility index (Phi) is 8.65. The minimum atomic E-state index is -1.78. The SMILES string of the molecule is N[C@@H](COC1O[C@H](CO)[C@@H](O[C@@H]2O[C@H](CO)[C@H](O)[C@H](O)[C@H]2O)[C@H](O)[C@H]1O)C(=O)O. The third kappa shape index (κ3) is 5.38. The van der Waals surface area contributed by atoms with Crippen LogP contribution in [0.1, 0.15) is 0 Å². The molecule has 29 heavy (non-hydrogen) atoms. The van der Waals surface area contributed by atoms with Crippen LogP contribution < -0.4 is 5.73 Å². The Hall–Kier alpha value is -1.01. The number of hydrogen-bond donors (Lipinski definition) is 9. The van der Waals surface area contributed by atoms with Crippen molar-refractivity contribution < 1.29 is 64.6 Å². The van der Waals surface area contributed by atoms with Crippen LogP contribution in [0.25, 0.3) is 0 Å². The highest BCUT2D eigenvalue weighted by Crippen LogP contribution is 2.29. The zero-order valence-corrected chi connectivity index (χ0v) is 15.2. The Bertz CT molecular complexity index is 534. The third-order valence-electron chi connectivity index (χ3n) is 4.72. The lowest BCUT2D eigenvalue weighted by Crippen LogP contribution is -2.64. The topological polar surface area (TPSA) is 242 Å². The smallest absolute Gasteiger partial charge is 0.322 e. The predicted octanol–water partition coefficient (Wildman–Crippen LogP) is -5.96. The summed E-state index contributed by atoms with van der Waals surface area (Å²) in [5, 5.41) is 77.6. The second kappa shape index (κ2) is 10.3. The number of aliphatic carboxylic acids is 1. The molecule has 2 fully saturated rings. The van der Waals surface area contributed by atoms with E-state index in [4.69, 9.17) is 29.8 Å². The van der Waals surface area contributed by atoms with Gasteiger partial charge in [-0.3, -0.25) is 4.79 Å². The molecule has 0 saturated carbocycles. The van der Waals surface area contributed by atoms with Crippen molar-refractivity contribution in [2.24, 2.45) is 5.73 Å². The van der Waals surface area contributed by atoms with Crippen LogP contribution in [0.15, 0.2) is 0 Å². The highest BCUT2D eigenvalue weighted by Gasteiger charge is 2.50. The molecular weight excluding hydrogens is 402 g/mol. The van der Waals surface area contributed by atoms with Crippen LogP contribution in [-0.2, 0) is 23.7 Å². The van der Waals surface area contributed by atoms with Gasteiger partial charge in [-0.15, -0.1) is 0 Å². The fourth-order valence-electron chi connectivity index (χ4n) is 2.96. The van der Waals surface area contributed by atoms with E-state index in [0.717, 1.165) is 0 Å². The van der Waals surface area contributed by atoms with Crippen LogP contribution in [0.4, 0.5) is 0 Å². The van der Waals surface area contributed by atoms with Crippen molar-refractivity contribution in [3.8, 4) is 0 Å². The van der Waals surface area contributed by atoms with Gasteiger partial charge in [-0.2, -0.15) is 0 Å². The van der Waals surface area contributed by atoms with Gasteiger partial charge in [0.15, 0.2) is 12.6 Å². The third-order valence-corrected chi connectivity index (χ3v) is 4.72. The van der Waals surface area contributed by atoms with Crippen LogP contribution in [0.3, 0.4) is 0 Å². The summed E-state index contributed by atoms with van der Waals surface area (Å²) in [6.07, 6.45) is -15.9. The number of nitrogens with two attached hydrogens (primary N) is 1. The molecule has 0 amide bonds. The molecule has 0 radical (unpaired) electrons. The summed E-state index contributed by atoms with van der Waals surface area (Å²) in [5.41, 5.74) is 5.29. The molecule has 2 aliphatic heterocycles. The number of carboxylic acid groups (broad SMARTS) is 1. The van der Waals surface area contributed by atoms with Gasteiger partial charge in [0.2, 0.25) is 0 Å². The maximum atomic E-state index is 10.7. The molecule has 2 aliphatic rings. The molecule has 170 valence electrons. The molecular formula is C15H27NO13. The van der Waals surface area contributed by atoms with E-state index in [1.165, 1.54) is 0 Å². The van der Waals surface area contributed by atoms with E-state index in [-0.39, 0.29) is 0 Å². The molecule has 11 atom stereocenters. The van der Waals surface area contributed by atoms with Gasteiger partial charge >= 0.3 is 5.97 Å². The van der Waals surface area contributed by atoms with Crippen molar-refractivity contribution in [2.75, 3.05) is 19.8 Å².